The molecule has 0 saturated carbocycles. The first-order valence-electron chi connectivity index (χ1n) is 10.9. The number of ether oxygens (including phenoxy) is 3. The zero-order valence-electron chi connectivity index (χ0n) is 19.1. The normalized spacial score (nSPS) is 10.9. The summed E-state index contributed by atoms with van der Waals surface area (Å²) in [7, 11) is 0. The highest BCUT2D eigenvalue weighted by molar-refractivity contribution is 9.10. The maximum atomic E-state index is 12.9. The van der Waals surface area contributed by atoms with E-state index >= 15 is 0 Å². The summed E-state index contributed by atoms with van der Waals surface area (Å²) in [5, 5.41) is 0.929. The molecule has 0 aliphatic rings. The smallest absolute Gasteiger partial charge is 0.311 e. The van der Waals surface area contributed by atoms with Crippen LogP contribution in [0.1, 0.15) is 24.0 Å². The van der Waals surface area contributed by atoms with Gasteiger partial charge in [-0.3, -0.25) is 9.59 Å². The maximum Gasteiger partial charge on any atom is 0.311 e. The molecule has 0 spiro atoms. The summed E-state index contributed by atoms with van der Waals surface area (Å²) in [4.78, 5) is 25.1. The van der Waals surface area contributed by atoms with E-state index in [0.29, 0.717) is 40.5 Å². The van der Waals surface area contributed by atoms with Crippen LogP contribution in [-0.4, -0.2) is 12.6 Å². The van der Waals surface area contributed by atoms with Crippen molar-refractivity contribution in [2.24, 2.45) is 0 Å². The second-order valence-electron chi connectivity index (χ2n) is 7.96. The van der Waals surface area contributed by atoms with Crippen molar-refractivity contribution in [3.8, 4) is 23.0 Å². The second kappa shape index (κ2) is 11.0. The van der Waals surface area contributed by atoms with Crippen LogP contribution in [-0.2, 0) is 4.79 Å². The van der Waals surface area contributed by atoms with Crippen molar-refractivity contribution in [2.45, 2.75) is 26.7 Å². The molecule has 0 unspecified atom stereocenters. The van der Waals surface area contributed by atoms with E-state index in [-0.39, 0.29) is 23.3 Å². The second-order valence-corrected chi connectivity index (χ2v) is 9.25. The van der Waals surface area contributed by atoms with Crippen molar-refractivity contribution in [1.29, 1.82) is 0 Å². The number of hydrogen-bond acceptors (Lipinski definition) is 6. The van der Waals surface area contributed by atoms with Crippen molar-refractivity contribution in [3.63, 3.8) is 0 Å². The Labute approximate surface area is 215 Å². The number of hydrogen-bond donors (Lipinski definition) is 0. The lowest BCUT2D eigenvalue weighted by Crippen LogP contribution is -2.10. The van der Waals surface area contributed by atoms with Gasteiger partial charge in [-0.25, -0.2) is 0 Å². The average molecular weight is 558 g/mol. The zero-order valence-corrected chi connectivity index (χ0v) is 21.4. The molecule has 0 fully saturated rings. The molecule has 8 heteroatoms. The molecule has 4 rings (SSSR count). The van der Waals surface area contributed by atoms with Crippen LogP contribution in [0.25, 0.3) is 11.0 Å². The number of esters is 1. The summed E-state index contributed by atoms with van der Waals surface area (Å²) in [6, 6.07) is 15.6. The number of aryl methyl sites for hydroxylation is 2. The van der Waals surface area contributed by atoms with E-state index in [2.05, 4.69) is 15.9 Å². The van der Waals surface area contributed by atoms with Crippen LogP contribution in [0.15, 0.2) is 74.5 Å². The van der Waals surface area contributed by atoms with Crippen molar-refractivity contribution in [3.05, 3.63) is 91.7 Å². The molecule has 6 nitrogen and oxygen atoms in total. The summed E-state index contributed by atoms with van der Waals surface area (Å²) in [5.74, 6) is 1.20. The Morgan fingerprint density at radius 2 is 1.83 bits per heavy atom. The largest absolute Gasteiger partial charge is 0.492 e. The fraction of sp³-hybridized carbons (Fsp3) is 0.185. The Morgan fingerprint density at radius 1 is 1.00 bits per heavy atom. The summed E-state index contributed by atoms with van der Waals surface area (Å²) in [5.41, 5.74) is 1.91. The molecule has 1 heterocycles. The highest BCUT2D eigenvalue weighted by Crippen LogP contribution is 2.29. The number of halogens is 2. The summed E-state index contributed by atoms with van der Waals surface area (Å²) < 4.78 is 23.2. The van der Waals surface area contributed by atoms with Crippen LogP contribution in [0.2, 0.25) is 5.02 Å². The molecule has 0 radical (unpaired) electrons. The summed E-state index contributed by atoms with van der Waals surface area (Å²) >= 11 is 9.30. The van der Waals surface area contributed by atoms with Crippen molar-refractivity contribution in [1.82, 2.24) is 0 Å². The van der Waals surface area contributed by atoms with Crippen LogP contribution >= 0.6 is 27.5 Å². The van der Waals surface area contributed by atoms with E-state index < -0.39 is 5.97 Å². The van der Waals surface area contributed by atoms with Gasteiger partial charge < -0.3 is 18.6 Å². The van der Waals surface area contributed by atoms with Gasteiger partial charge in [-0.05, 0) is 83.7 Å². The van der Waals surface area contributed by atoms with Gasteiger partial charge in [0.05, 0.1) is 16.5 Å². The first-order chi connectivity index (χ1) is 16.8. The Kier molecular flexibility index (Phi) is 7.78. The first kappa shape index (κ1) is 24.8. The molecule has 0 bridgehead atoms. The minimum Gasteiger partial charge on any atom is -0.492 e. The molecule has 4 aromatic rings. The molecule has 0 saturated heterocycles. The van der Waals surface area contributed by atoms with Gasteiger partial charge in [-0.2, -0.15) is 0 Å². The molecule has 0 amide bonds. The van der Waals surface area contributed by atoms with Crippen LogP contribution < -0.4 is 19.6 Å². The number of fused-ring (bicyclic) bond motifs is 1. The van der Waals surface area contributed by atoms with Crippen molar-refractivity contribution < 1.29 is 23.4 Å². The molecular weight excluding hydrogens is 536 g/mol. The fourth-order valence-corrected chi connectivity index (χ4v) is 4.13. The minimum atomic E-state index is -0.416. The molecule has 1 aromatic heterocycles. The lowest BCUT2D eigenvalue weighted by Gasteiger charge is -2.10. The maximum absolute atomic E-state index is 12.9. The molecule has 0 N–H and O–H groups in total. The molecule has 0 aliphatic carbocycles. The molecule has 180 valence electrons. The molecular formula is C27H22BrClO6. The van der Waals surface area contributed by atoms with Crippen molar-refractivity contribution in [2.75, 3.05) is 6.61 Å². The SMILES string of the molecule is Cc1ccc(C)c(Oc2coc3cc(OC(=O)CCCOc4ccc(Cl)cc4Br)ccc3c2=O)c1. The van der Waals surface area contributed by atoms with E-state index in [1.807, 2.05) is 32.0 Å². The van der Waals surface area contributed by atoms with E-state index in [1.54, 1.807) is 30.3 Å². The Morgan fingerprint density at radius 3 is 2.63 bits per heavy atom. The molecule has 0 aliphatic heterocycles. The van der Waals surface area contributed by atoms with Gasteiger partial charge in [0.25, 0.3) is 0 Å². The van der Waals surface area contributed by atoms with Gasteiger partial charge in [0.15, 0.2) is 0 Å². The minimum absolute atomic E-state index is 0.0864. The van der Waals surface area contributed by atoms with Crippen LogP contribution in [0.4, 0.5) is 0 Å². The molecule has 3 aromatic carbocycles. The van der Waals surface area contributed by atoms with Gasteiger partial charge in [0.1, 0.15) is 29.1 Å². The quantitative estimate of drug-likeness (QED) is 0.128. The fourth-order valence-electron chi connectivity index (χ4n) is 3.33. The van der Waals surface area contributed by atoms with E-state index in [9.17, 15) is 9.59 Å². The first-order valence-corrected chi connectivity index (χ1v) is 12.1. The number of carbonyl (C=O) groups is 1. The Hall–Kier alpha value is -3.29. The van der Waals surface area contributed by atoms with Crippen LogP contribution in [0.5, 0.6) is 23.0 Å². The van der Waals surface area contributed by atoms with Crippen molar-refractivity contribution >= 4 is 44.5 Å². The van der Waals surface area contributed by atoms with Crippen LogP contribution in [0, 0.1) is 13.8 Å². The third kappa shape index (κ3) is 6.24. The summed E-state index contributed by atoms with van der Waals surface area (Å²) in [6.45, 7) is 4.19. The van der Waals surface area contributed by atoms with Gasteiger partial charge >= 0.3 is 5.97 Å². The third-order valence-electron chi connectivity index (χ3n) is 5.19. The number of benzene rings is 3. The highest BCUT2D eigenvalue weighted by atomic mass is 79.9. The predicted octanol–water partition coefficient (Wildman–Crippen LogP) is 7.38. The number of carbonyl (C=O) groups excluding carboxylic acids is 1. The van der Waals surface area contributed by atoms with Gasteiger partial charge in [-0.1, -0.05) is 23.7 Å². The predicted molar refractivity (Wildman–Crippen MR) is 138 cm³/mol. The van der Waals surface area contributed by atoms with E-state index in [4.69, 9.17) is 30.2 Å². The van der Waals surface area contributed by atoms with E-state index in [0.717, 1.165) is 15.6 Å². The lowest BCUT2D eigenvalue weighted by molar-refractivity contribution is -0.134. The van der Waals surface area contributed by atoms with Gasteiger partial charge in [0, 0.05) is 17.5 Å². The lowest BCUT2D eigenvalue weighted by atomic mass is 10.1. The standard InChI is InChI=1S/C27H22BrClO6/c1-16-5-6-17(2)23(12-16)35-25-15-33-24-14-19(8-9-20(24)27(25)31)34-26(30)4-3-11-32-22-10-7-18(29)13-21(22)28/h5-10,12-15H,3-4,11H2,1-2H3. The van der Waals surface area contributed by atoms with E-state index in [1.165, 1.54) is 12.3 Å². The number of rotatable bonds is 8. The van der Waals surface area contributed by atoms with Gasteiger partial charge in [-0.15, -0.1) is 0 Å². The summed E-state index contributed by atoms with van der Waals surface area (Å²) in [6.07, 6.45) is 1.90. The third-order valence-corrected chi connectivity index (χ3v) is 6.04. The zero-order chi connectivity index (χ0) is 24.9. The highest BCUT2D eigenvalue weighted by Gasteiger charge is 2.13. The monoisotopic (exact) mass is 556 g/mol. The topological polar surface area (TPSA) is 75.0 Å². The molecule has 0 atom stereocenters. The van der Waals surface area contributed by atoms with Gasteiger partial charge in [0.2, 0.25) is 11.2 Å². The van der Waals surface area contributed by atoms with Crippen LogP contribution in [0.3, 0.4) is 0 Å². The molecule has 35 heavy (non-hydrogen) atoms. The Balaban J connectivity index is 1.36. The Bertz CT molecular complexity index is 1450. The average Bonchev–Trinajstić information content (AvgIpc) is 2.82.